The van der Waals surface area contributed by atoms with Gasteiger partial charge in [0.05, 0.1) is 0 Å². The summed E-state index contributed by atoms with van der Waals surface area (Å²) in [7, 11) is 0. The molecule has 1 aliphatic rings. The molecule has 42 valence electrons. The van der Waals surface area contributed by atoms with E-state index in [1.54, 1.807) is 25.3 Å². The molecule has 0 aliphatic carbocycles. The van der Waals surface area contributed by atoms with Crippen molar-refractivity contribution in [2.45, 2.75) is 6.92 Å². The molecule has 0 fully saturated rings. The second-order valence-corrected chi connectivity index (χ2v) is 1.61. The molecule has 0 saturated heterocycles. The van der Waals surface area contributed by atoms with Crippen LogP contribution in [-0.2, 0) is 0 Å². The summed E-state index contributed by atoms with van der Waals surface area (Å²) in [6, 6.07) is 0. The van der Waals surface area contributed by atoms with E-state index in [1.807, 2.05) is 0 Å². The summed E-state index contributed by atoms with van der Waals surface area (Å²) >= 11 is 0. The first-order valence-corrected chi connectivity index (χ1v) is 2.41. The van der Waals surface area contributed by atoms with E-state index in [0.717, 1.165) is 0 Å². The van der Waals surface area contributed by atoms with Crippen LogP contribution in [0.15, 0.2) is 28.6 Å². The molecular formula is C6H7NO. The number of allylic oxidation sites excluding steroid dienone is 3. The zero-order valence-electron chi connectivity index (χ0n) is 4.63. The van der Waals surface area contributed by atoms with Crippen molar-refractivity contribution in [3.05, 3.63) is 23.6 Å². The Bertz CT molecular complexity index is 159. The third kappa shape index (κ3) is 0.780. The van der Waals surface area contributed by atoms with Gasteiger partial charge in [0.2, 0.25) is 0 Å². The predicted molar refractivity (Wildman–Crippen MR) is 33.0 cm³/mol. The second-order valence-electron chi connectivity index (χ2n) is 1.61. The molecule has 1 rings (SSSR count). The zero-order chi connectivity index (χ0) is 5.98. The van der Waals surface area contributed by atoms with Crippen LogP contribution < -0.4 is 0 Å². The average Bonchev–Trinajstić information content (AvgIpc) is 2.12. The van der Waals surface area contributed by atoms with Crippen LogP contribution in [0, 0.1) is 0 Å². The van der Waals surface area contributed by atoms with Crippen LogP contribution in [0.2, 0.25) is 0 Å². The van der Waals surface area contributed by atoms with Crippen LogP contribution in [0.4, 0.5) is 0 Å². The Labute approximate surface area is 47.9 Å². The Morgan fingerprint density at radius 2 is 2.50 bits per heavy atom. The van der Waals surface area contributed by atoms with E-state index in [-0.39, 0.29) is 5.76 Å². The maximum Gasteiger partial charge on any atom is 0.115 e. The molecule has 0 spiro atoms. The fourth-order valence-electron chi connectivity index (χ4n) is 0.515. The zero-order valence-corrected chi connectivity index (χ0v) is 4.63. The molecule has 1 heterocycles. The lowest BCUT2D eigenvalue weighted by Gasteiger charge is -1.88. The lowest BCUT2D eigenvalue weighted by Crippen LogP contribution is -1.74. The lowest BCUT2D eigenvalue weighted by molar-refractivity contribution is 0.409. The highest BCUT2D eigenvalue weighted by Crippen LogP contribution is 2.07. The molecule has 0 atom stereocenters. The highest BCUT2D eigenvalue weighted by atomic mass is 16.3. The van der Waals surface area contributed by atoms with Gasteiger partial charge in [0.25, 0.3) is 0 Å². The van der Waals surface area contributed by atoms with E-state index < -0.39 is 0 Å². The molecule has 8 heavy (non-hydrogen) atoms. The molecule has 0 aromatic rings. The molecule has 1 aliphatic heterocycles. The normalized spacial score (nSPS) is 22.1. The fraction of sp³-hybridized carbons (Fsp3) is 0.167. The molecule has 0 unspecified atom stereocenters. The third-order valence-electron chi connectivity index (χ3n) is 0.924. The minimum atomic E-state index is 0.273. The van der Waals surface area contributed by atoms with E-state index >= 15 is 0 Å². The van der Waals surface area contributed by atoms with Crippen molar-refractivity contribution >= 4 is 6.21 Å². The van der Waals surface area contributed by atoms with Crippen LogP contribution in [-0.4, -0.2) is 11.3 Å². The van der Waals surface area contributed by atoms with E-state index in [2.05, 4.69) is 4.99 Å². The van der Waals surface area contributed by atoms with Gasteiger partial charge in [-0.15, -0.1) is 0 Å². The first kappa shape index (κ1) is 5.09. The van der Waals surface area contributed by atoms with Gasteiger partial charge < -0.3 is 5.11 Å². The molecule has 0 bridgehead atoms. The summed E-state index contributed by atoms with van der Waals surface area (Å²) in [5.74, 6) is 0.273. The van der Waals surface area contributed by atoms with Crippen molar-refractivity contribution in [2.75, 3.05) is 0 Å². The number of aliphatic hydroxyl groups excluding tert-OH is 1. The van der Waals surface area contributed by atoms with Gasteiger partial charge in [-0.2, -0.15) is 0 Å². The van der Waals surface area contributed by atoms with Gasteiger partial charge in [0.1, 0.15) is 11.5 Å². The predicted octanol–water partition coefficient (Wildman–Crippen LogP) is 1.42. The summed E-state index contributed by atoms with van der Waals surface area (Å²) < 4.78 is 0. The molecule has 0 aromatic carbocycles. The minimum Gasteiger partial charge on any atom is -0.510 e. The molecular weight excluding hydrogens is 102 g/mol. The van der Waals surface area contributed by atoms with E-state index in [1.165, 1.54) is 0 Å². The first-order valence-electron chi connectivity index (χ1n) is 2.41. The largest absolute Gasteiger partial charge is 0.510 e. The van der Waals surface area contributed by atoms with Crippen molar-refractivity contribution < 1.29 is 5.11 Å². The SMILES string of the molecule is CC(O)=C1C=CC=N1. The summed E-state index contributed by atoms with van der Waals surface area (Å²) in [4.78, 5) is 3.83. The number of aliphatic hydroxyl groups is 1. The van der Waals surface area contributed by atoms with Gasteiger partial charge in [-0.05, 0) is 19.1 Å². The quantitative estimate of drug-likeness (QED) is 0.469. The van der Waals surface area contributed by atoms with Gasteiger partial charge >= 0.3 is 0 Å². The number of hydrogen-bond acceptors (Lipinski definition) is 2. The molecule has 0 radical (unpaired) electrons. The van der Waals surface area contributed by atoms with Gasteiger partial charge in [-0.25, -0.2) is 0 Å². The lowest BCUT2D eigenvalue weighted by atomic mass is 10.4. The van der Waals surface area contributed by atoms with Gasteiger partial charge in [-0.1, -0.05) is 0 Å². The minimum absolute atomic E-state index is 0.273. The summed E-state index contributed by atoms with van der Waals surface area (Å²) in [5, 5.41) is 8.77. The second kappa shape index (κ2) is 1.82. The van der Waals surface area contributed by atoms with Crippen molar-refractivity contribution in [1.29, 1.82) is 0 Å². The highest BCUT2D eigenvalue weighted by molar-refractivity contribution is 5.77. The van der Waals surface area contributed by atoms with Crippen molar-refractivity contribution in [1.82, 2.24) is 0 Å². The Kier molecular flexibility index (Phi) is 1.16. The van der Waals surface area contributed by atoms with Crippen LogP contribution in [0.1, 0.15) is 6.92 Å². The Balaban J connectivity index is 2.90. The van der Waals surface area contributed by atoms with Gasteiger partial charge in [0, 0.05) is 6.21 Å². The van der Waals surface area contributed by atoms with Crippen molar-refractivity contribution in [3.63, 3.8) is 0 Å². The molecule has 1 N–H and O–H groups in total. The van der Waals surface area contributed by atoms with Crippen molar-refractivity contribution in [2.24, 2.45) is 4.99 Å². The Hall–Kier alpha value is -1.05. The van der Waals surface area contributed by atoms with E-state index in [0.29, 0.717) is 5.70 Å². The molecule has 0 amide bonds. The maximum absolute atomic E-state index is 8.77. The molecule has 0 aromatic heterocycles. The Morgan fingerprint density at radius 3 is 2.75 bits per heavy atom. The maximum atomic E-state index is 8.77. The van der Waals surface area contributed by atoms with Crippen LogP contribution in [0.25, 0.3) is 0 Å². The first-order chi connectivity index (χ1) is 3.80. The van der Waals surface area contributed by atoms with Crippen LogP contribution in [0.3, 0.4) is 0 Å². The van der Waals surface area contributed by atoms with Crippen LogP contribution in [0.5, 0.6) is 0 Å². The van der Waals surface area contributed by atoms with E-state index in [4.69, 9.17) is 5.11 Å². The van der Waals surface area contributed by atoms with Crippen LogP contribution >= 0.6 is 0 Å². The summed E-state index contributed by atoms with van der Waals surface area (Å²) in [5.41, 5.74) is 0.657. The average molecular weight is 109 g/mol. The number of aliphatic imine (C=N–C) groups is 1. The fourth-order valence-corrected chi connectivity index (χ4v) is 0.515. The number of rotatable bonds is 0. The van der Waals surface area contributed by atoms with Gasteiger partial charge in [0.15, 0.2) is 0 Å². The van der Waals surface area contributed by atoms with Gasteiger partial charge in [-0.3, -0.25) is 4.99 Å². The smallest absolute Gasteiger partial charge is 0.115 e. The molecule has 2 nitrogen and oxygen atoms in total. The number of hydrogen-bond donors (Lipinski definition) is 1. The standard InChI is InChI=1S/C6H7NO/c1-5(8)6-3-2-4-7-6/h2-4,8H,1H3. The summed E-state index contributed by atoms with van der Waals surface area (Å²) in [6.45, 7) is 1.61. The Morgan fingerprint density at radius 1 is 1.75 bits per heavy atom. The highest BCUT2D eigenvalue weighted by Gasteiger charge is 1.95. The number of nitrogens with zero attached hydrogens (tertiary/aromatic N) is 1. The molecule has 2 heteroatoms. The topological polar surface area (TPSA) is 32.6 Å². The third-order valence-corrected chi connectivity index (χ3v) is 0.924. The summed E-state index contributed by atoms with van der Waals surface area (Å²) in [6.07, 6.45) is 5.19. The monoisotopic (exact) mass is 109 g/mol. The van der Waals surface area contributed by atoms with Crippen molar-refractivity contribution in [3.8, 4) is 0 Å². The van der Waals surface area contributed by atoms with E-state index in [9.17, 15) is 0 Å². The molecule has 0 saturated carbocycles.